The van der Waals surface area contributed by atoms with Crippen molar-refractivity contribution in [3.05, 3.63) is 96.1 Å². The number of aliphatic hydroxyl groups is 1. The first kappa shape index (κ1) is 18.7. The van der Waals surface area contributed by atoms with Crippen molar-refractivity contribution in [2.24, 2.45) is 5.92 Å². The lowest BCUT2D eigenvalue weighted by Gasteiger charge is -2.12. The van der Waals surface area contributed by atoms with Gasteiger partial charge >= 0.3 is 0 Å². The van der Waals surface area contributed by atoms with Gasteiger partial charge in [-0.05, 0) is 23.8 Å². The minimum absolute atomic E-state index is 0.0392. The van der Waals surface area contributed by atoms with E-state index < -0.39 is 6.10 Å². The fraction of sp³-hybridized carbons (Fsp3) is 0.217. The van der Waals surface area contributed by atoms with Gasteiger partial charge in [-0.3, -0.25) is 0 Å². The minimum Gasteiger partial charge on any atom is -0.388 e. The number of aliphatic hydroxyl groups excluding tert-OH is 1. The van der Waals surface area contributed by atoms with Crippen molar-refractivity contribution in [2.45, 2.75) is 19.6 Å². The average Bonchev–Trinajstić information content (AvgIpc) is 2.66. The third-order valence-electron chi connectivity index (χ3n) is 3.79. The van der Waals surface area contributed by atoms with E-state index in [-0.39, 0.29) is 5.92 Å². The van der Waals surface area contributed by atoms with E-state index in [1.54, 1.807) is 12.2 Å². The zero-order valence-electron chi connectivity index (χ0n) is 14.6. The predicted octanol–water partition coefficient (Wildman–Crippen LogP) is 4.36. The van der Waals surface area contributed by atoms with Gasteiger partial charge in [0.2, 0.25) is 0 Å². The Morgan fingerprint density at radius 3 is 2.40 bits per heavy atom. The molecule has 2 aromatic carbocycles. The zero-order valence-corrected chi connectivity index (χ0v) is 14.6. The molecule has 2 unspecified atom stereocenters. The van der Waals surface area contributed by atoms with Gasteiger partial charge in [-0.2, -0.15) is 0 Å². The van der Waals surface area contributed by atoms with Crippen molar-refractivity contribution in [3.63, 3.8) is 0 Å². The van der Waals surface area contributed by atoms with Gasteiger partial charge in [0.1, 0.15) is 0 Å². The average molecular weight is 332 g/mol. The number of ether oxygens (including phenoxy) is 1. The van der Waals surface area contributed by atoms with Crippen LogP contribution in [-0.4, -0.2) is 17.8 Å². The van der Waals surface area contributed by atoms with Crippen molar-refractivity contribution < 1.29 is 9.84 Å². The third-order valence-corrected chi connectivity index (χ3v) is 3.79. The van der Waals surface area contributed by atoms with Crippen LogP contribution in [0, 0.1) is 17.8 Å². The van der Waals surface area contributed by atoms with Crippen molar-refractivity contribution in [3.8, 4) is 11.8 Å². The van der Waals surface area contributed by atoms with Gasteiger partial charge in [0.05, 0.1) is 19.3 Å². The largest absolute Gasteiger partial charge is 0.388 e. The topological polar surface area (TPSA) is 29.5 Å². The molecule has 0 radical (unpaired) electrons. The summed E-state index contributed by atoms with van der Waals surface area (Å²) >= 11 is 0. The van der Waals surface area contributed by atoms with Crippen LogP contribution < -0.4 is 0 Å². The van der Waals surface area contributed by atoms with E-state index in [1.165, 1.54) is 0 Å². The molecule has 0 aromatic heterocycles. The van der Waals surface area contributed by atoms with Gasteiger partial charge in [0.15, 0.2) is 0 Å². The standard InChI is InChI=1S/C23H24O2/c1-3-19(2)23(24)16-22(15-14-20-10-6-4-7-11-20)18-25-17-21-12-8-5-9-13-21/h3-13,16,19,23-24H,1,17-18H2,2H3/b22-16+. The molecule has 1 N–H and O–H groups in total. The van der Waals surface area contributed by atoms with Crippen molar-refractivity contribution in [1.82, 2.24) is 0 Å². The van der Waals surface area contributed by atoms with Gasteiger partial charge in [-0.25, -0.2) is 0 Å². The van der Waals surface area contributed by atoms with Gasteiger partial charge in [-0.15, -0.1) is 6.58 Å². The lowest BCUT2D eigenvalue weighted by molar-refractivity contribution is 0.141. The summed E-state index contributed by atoms with van der Waals surface area (Å²) in [7, 11) is 0. The maximum Gasteiger partial charge on any atom is 0.0797 e. The van der Waals surface area contributed by atoms with E-state index >= 15 is 0 Å². The highest BCUT2D eigenvalue weighted by atomic mass is 16.5. The molecule has 0 heterocycles. The number of benzene rings is 2. The molecular formula is C23H24O2. The summed E-state index contributed by atoms with van der Waals surface area (Å²) < 4.78 is 5.78. The van der Waals surface area contributed by atoms with Gasteiger partial charge in [0, 0.05) is 17.1 Å². The smallest absolute Gasteiger partial charge is 0.0797 e. The van der Waals surface area contributed by atoms with Crippen LogP contribution in [0.5, 0.6) is 0 Å². The summed E-state index contributed by atoms with van der Waals surface area (Å²) in [6.07, 6.45) is 2.86. The van der Waals surface area contributed by atoms with Crippen LogP contribution in [0.15, 0.2) is 85.0 Å². The fourth-order valence-corrected chi connectivity index (χ4v) is 2.15. The molecule has 128 valence electrons. The Hall–Kier alpha value is -2.60. The molecule has 2 atom stereocenters. The van der Waals surface area contributed by atoms with Gasteiger partial charge in [-0.1, -0.05) is 73.4 Å². The molecule has 0 bridgehead atoms. The molecular weight excluding hydrogens is 308 g/mol. The first-order valence-electron chi connectivity index (χ1n) is 8.39. The molecule has 2 aromatic rings. The van der Waals surface area contributed by atoms with Crippen molar-refractivity contribution in [1.29, 1.82) is 0 Å². The molecule has 0 spiro atoms. The third kappa shape index (κ3) is 6.81. The molecule has 0 aliphatic rings. The quantitative estimate of drug-likeness (QED) is 0.603. The Morgan fingerprint density at radius 1 is 1.12 bits per heavy atom. The lowest BCUT2D eigenvalue weighted by Crippen LogP contribution is -2.14. The zero-order chi connectivity index (χ0) is 17.9. The second-order valence-electron chi connectivity index (χ2n) is 5.87. The second-order valence-corrected chi connectivity index (χ2v) is 5.87. The van der Waals surface area contributed by atoms with Crippen LogP contribution in [0.2, 0.25) is 0 Å². The maximum absolute atomic E-state index is 10.2. The SMILES string of the molecule is C=CC(C)C(O)/C=C(\C#Cc1ccccc1)COCc1ccccc1. The van der Waals surface area contributed by atoms with Gasteiger partial charge < -0.3 is 9.84 Å². The van der Waals surface area contributed by atoms with Crippen molar-refractivity contribution >= 4 is 0 Å². The Bertz CT molecular complexity index is 736. The van der Waals surface area contributed by atoms with Gasteiger partial charge in [0.25, 0.3) is 0 Å². The predicted molar refractivity (Wildman–Crippen MR) is 103 cm³/mol. The summed E-state index contributed by atoms with van der Waals surface area (Å²) in [5.41, 5.74) is 2.81. The van der Waals surface area contributed by atoms with E-state index in [0.29, 0.717) is 13.2 Å². The highest BCUT2D eigenvalue weighted by molar-refractivity contribution is 5.41. The monoisotopic (exact) mass is 332 g/mol. The maximum atomic E-state index is 10.2. The first-order chi connectivity index (χ1) is 12.2. The van der Waals surface area contributed by atoms with Crippen LogP contribution in [0.25, 0.3) is 0 Å². The highest BCUT2D eigenvalue weighted by Gasteiger charge is 2.09. The highest BCUT2D eigenvalue weighted by Crippen LogP contribution is 2.10. The van der Waals surface area contributed by atoms with Crippen molar-refractivity contribution in [2.75, 3.05) is 6.61 Å². The summed E-state index contributed by atoms with van der Waals surface area (Å²) in [4.78, 5) is 0. The Kier molecular flexibility index (Phi) is 7.72. The molecule has 2 nitrogen and oxygen atoms in total. The Labute approximate surface area is 150 Å². The summed E-state index contributed by atoms with van der Waals surface area (Å²) in [5, 5.41) is 10.2. The molecule has 2 rings (SSSR count). The molecule has 0 aliphatic carbocycles. The molecule has 0 amide bonds. The molecule has 0 aliphatic heterocycles. The normalized spacial score (nSPS) is 13.4. The summed E-state index contributed by atoms with van der Waals surface area (Å²) in [6, 6.07) is 19.8. The number of rotatable bonds is 7. The van der Waals surface area contributed by atoms with E-state index in [2.05, 4.69) is 18.4 Å². The van der Waals surface area contributed by atoms with Crippen LogP contribution in [0.4, 0.5) is 0 Å². The van der Waals surface area contributed by atoms with E-state index in [0.717, 1.165) is 16.7 Å². The van der Waals surface area contributed by atoms with E-state index in [4.69, 9.17) is 4.74 Å². The molecule has 0 saturated carbocycles. The molecule has 25 heavy (non-hydrogen) atoms. The second kappa shape index (κ2) is 10.3. The minimum atomic E-state index is -0.627. The Balaban J connectivity index is 2.07. The molecule has 2 heteroatoms. The lowest BCUT2D eigenvalue weighted by atomic mass is 10.0. The fourth-order valence-electron chi connectivity index (χ4n) is 2.15. The van der Waals surface area contributed by atoms with Crippen LogP contribution in [0.3, 0.4) is 0 Å². The number of hydrogen-bond acceptors (Lipinski definition) is 2. The summed E-state index contributed by atoms with van der Waals surface area (Å²) in [5.74, 6) is 6.21. The van der Waals surface area contributed by atoms with Crippen LogP contribution in [0.1, 0.15) is 18.1 Å². The van der Waals surface area contributed by atoms with E-state index in [1.807, 2.05) is 67.6 Å². The van der Waals surface area contributed by atoms with Crippen LogP contribution in [-0.2, 0) is 11.3 Å². The number of hydrogen-bond donors (Lipinski definition) is 1. The Morgan fingerprint density at radius 2 is 1.76 bits per heavy atom. The molecule has 0 saturated heterocycles. The molecule has 0 fully saturated rings. The summed E-state index contributed by atoms with van der Waals surface area (Å²) in [6.45, 7) is 6.51. The van der Waals surface area contributed by atoms with E-state index in [9.17, 15) is 5.11 Å². The van der Waals surface area contributed by atoms with Crippen LogP contribution >= 0.6 is 0 Å². The first-order valence-corrected chi connectivity index (χ1v) is 8.39.